The van der Waals surface area contributed by atoms with Crippen molar-refractivity contribution in [2.45, 2.75) is 26.2 Å². The molecule has 2 aromatic carbocycles. The second-order valence-electron chi connectivity index (χ2n) is 5.82. The van der Waals surface area contributed by atoms with Crippen LogP contribution in [0.25, 0.3) is 0 Å². The van der Waals surface area contributed by atoms with Crippen molar-refractivity contribution < 1.29 is 9.72 Å². The normalized spacial score (nSPS) is 10.7. The average molecular weight is 347 g/mol. The monoisotopic (exact) mass is 346 g/mol. The molecule has 6 heteroatoms. The second kappa shape index (κ2) is 7.93. The summed E-state index contributed by atoms with van der Waals surface area (Å²) in [5.41, 5.74) is 2.51. The SMILES string of the molecule is CC(C)c1ccc(CCNC(=O)c2ccc([N+](=O)[O-])cc2Cl)cc1. The van der Waals surface area contributed by atoms with Gasteiger partial charge in [-0.2, -0.15) is 0 Å². The molecule has 1 N–H and O–H groups in total. The lowest BCUT2D eigenvalue weighted by Gasteiger charge is -2.09. The van der Waals surface area contributed by atoms with Crippen molar-refractivity contribution in [3.63, 3.8) is 0 Å². The first kappa shape index (κ1) is 17.9. The van der Waals surface area contributed by atoms with Gasteiger partial charge in [-0.1, -0.05) is 49.7 Å². The van der Waals surface area contributed by atoms with Gasteiger partial charge in [-0.25, -0.2) is 0 Å². The van der Waals surface area contributed by atoms with Crippen LogP contribution in [0.4, 0.5) is 5.69 Å². The number of hydrogen-bond acceptors (Lipinski definition) is 3. The van der Waals surface area contributed by atoms with Crippen molar-refractivity contribution >= 4 is 23.2 Å². The summed E-state index contributed by atoms with van der Waals surface area (Å²) >= 11 is 5.95. The van der Waals surface area contributed by atoms with E-state index in [9.17, 15) is 14.9 Å². The third kappa shape index (κ3) is 4.55. The van der Waals surface area contributed by atoms with E-state index in [4.69, 9.17) is 11.6 Å². The molecule has 24 heavy (non-hydrogen) atoms. The van der Waals surface area contributed by atoms with Crippen LogP contribution >= 0.6 is 11.6 Å². The molecule has 0 aromatic heterocycles. The number of benzene rings is 2. The summed E-state index contributed by atoms with van der Waals surface area (Å²) in [6, 6.07) is 12.1. The van der Waals surface area contributed by atoms with E-state index in [1.54, 1.807) is 0 Å². The zero-order valence-electron chi connectivity index (χ0n) is 13.6. The molecule has 0 heterocycles. The molecule has 0 aliphatic rings. The number of nitrogens with zero attached hydrogens (tertiary/aromatic N) is 1. The van der Waals surface area contributed by atoms with Crippen LogP contribution in [0.3, 0.4) is 0 Å². The molecule has 0 unspecified atom stereocenters. The van der Waals surface area contributed by atoms with Crippen LogP contribution in [-0.4, -0.2) is 17.4 Å². The van der Waals surface area contributed by atoms with Crippen LogP contribution in [0.5, 0.6) is 0 Å². The van der Waals surface area contributed by atoms with Gasteiger partial charge in [-0.15, -0.1) is 0 Å². The molecule has 0 saturated heterocycles. The highest BCUT2D eigenvalue weighted by atomic mass is 35.5. The van der Waals surface area contributed by atoms with Gasteiger partial charge in [0.1, 0.15) is 0 Å². The van der Waals surface area contributed by atoms with E-state index >= 15 is 0 Å². The molecule has 0 radical (unpaired) electrons. The lowest BCUT2D eigenvalue weighted by atomic mass is 10.0. The number of amides is 1. The fraction of sp³-hybridized carbons (Fsp3) is 0.278. The van der Waals surface area contributed by atoms with Gasteiger partial charge in [0.15, 0.2) is 0 Å². The van der Waals surface area contributed by atoms with Crippen LogP contribution in [0, 0.1) is 10.1 Å². The maximum absolute atomic E-state index is 12.1. The number of nitro benzene ring substituents is 1. The summed E-state index contributed by atoms with van der Waals surface area (Å²) in [5, 5.41) is 13.5. The molecule has 1 amide bonds. The van der Waals surface area contributed by atoms with E-state index in [0.29, 0.717) is 18.9 Å². The molecule has 0 aliphatic heterocycles. The van der Waals surface area contributed by atoms with Crippen molar-refractivity contribution in [1.29, 1.82) is 0 Å². The number of carbonyl (C=O) groups excluding carboxylic acids is 1. The molecule has 0 spiro atoms. The molecular formula is C18H19ClN2O3. The molecule has 0 atom stereocenters. The summed E-state index contributed by atoms with van der Waals surface area (Å²) < 4.78 is 0. The summed E-state index contributed by atoms with van der Waals surface area (Å²) in [5.74, 6) is 0.150. The predicted molar refractivity (Wildman–Crippen MR) is 94.7 cm³/mol. The Labute approximate surface area is 145 Å². The molecule has 0 fully saturated rings. The van der Waals surface area contributed by atoms with Gasteiger partial charge in [-0.3, -0.25) is 14.9 Å². The lowest BCUT2D eigenvalue weighted by Crippen LogP contribution is -2.26. The maximum Gasteiger partial charge on any atom is 0.270 e. The number of non-ortho nitro benzene ring substituents is 1. The minimum Gasteiger partial charge on any atom is -0.352 e. The van der Waals surface area contributed by atoms with Crippen LogP contribution in [0.15, 0.2) is 42.5 Å². The van der Waals surface area contributed by atoms with Gasteiger partial charge in [0.2, 0.25) is 0 Å². The third-order valence-corrected chi connectivity index (χ3v) is 4.07. The first-order chi connectivity index (χ1) is 11.4. The smallest absolute Gasteiger partial charge is 0.270 e. The van der Waals surface area contributed by atoms with Gasteiger partial charge in [0.25, 0.3) is 11.6 Å². The predicted octanol–water partition coefficient (Wildman–Crippen LogP) is 4.34. The Morgan fingerprint density at radius 1 is 1.21 bits per heavy atom. The zero-order chi connectivity index (χ0) is 17.7. The van der Waals surface area contributed by atoms with Gasteiger partial charge in [0.05, 0.1) is 15.5 Å². The summed E-state index contributed by atoms with van der Waals surface area (Å²) in [6.45, 7) is 4.75. The zero-order valence-corrected chi connectivity index (χ0v) is 14.3. The Morgan fingerprint density at radius 3 is 2.42 bits per heavy atom. The Bertz CT molecular complexity index is 742. The van der Waals surface area contributed by atoms with Crippen LogP contribution in [-0.2, 0) is 6.42 Å². The first-order valence-electron chi connectivity index (χ1n) is 7.69. The van der Waals surface area contributed by atoms with Crippen LogP contribution < -0.4 is 5.32 Å². The standard InChI is InChI=1S/C18H19ClN2O3/c1-12(2)14-5-3-13(4-6-14)9-10-20-18(22)16-8-7-15(21(23)24)11-17(16)19/h3-8,11-12H,9-10H2,1-2H3,(H,20,22). The van der Waals surface area contributed by atoms with E-state index in [1.165, 1.54) is 23.8 Å². The number of hydrogen-bond donors (Lipinski definition) is 1. The Hall–Kier alpha value is -2.40. The number of halogens is 1. The van der Waals surface area contributed by atoms with Crippen LogP contribution in [0.1, 0.15) is 41.3 Å². The van der Waals surface area contributed by atoms with Crippen molar-refractivity contribution in [1.82, 2.24) is 5.32 Å². The van der Waals surface area contributed by atoms with E-state index in [0.717, 1.165) is 5.56 Å². The lowest BCUT2D eigenvalue weighted by molar-refractivity contribution is -0.384. The summed E-state index contributed by atoms with van der Waals surface area (Å²) in [7, 11) is 0. The molecular weight excluding hydrogens is 328 g/mol. The van der Waals surface area contributed by atoms with Gasteiger partial charge in [0, 0.05) is 18.7 Å². The largest absolute Gasteiger partial charge is 0.352 e. The highest BCUT2D eigenvalue weighted by Crippen LogP contribution is 2.22. The van der Waals surface area contributed by atoms with E-state index in [1.807, 2.05) is 0 Å². The Morgan fingerprint density at radius 2 is 1.88 bits per heavy atom. The number of carbonyl (C=O) groups is 1. The molecule has 0 bridgehead atoms. The molecule has 126 valence electrons. The van der Waals surface area contributed by atoms with Crippen LogP contribution in [0.2, 0.25) is 5.02 Å². The van der Waals surface area contributed by atoms with Gasteiger partial charge < -0.3 is 5.32 Å². The highest BCUT2D eigenvalue weighted by molar-refractivity contribution is 6.34. The van der Waals surface area contributed by atoms with Crippen molar-refractivity contribution in [3.8, 4) is 0 Å². The fourth-order valence-electron chi connectivity index (χ4n) is 2.29. The van der Waals surface area contributed by atoms with E-state index < -0.39 is 4.92 Å². The van der Waals surface area contributed by atoms with Gasteiger partial charge in [-0.05, 0) is 29.5 Å². The first-order valence-corrected chi connectivity index (χ1v) is 8.07. The highest BCUT2D eigenvalue weighted by Gasteiger charge is 2.14. The number of nitro groups is 1. The Balaban J connectivity index is 1.92. The third-order valence-electron chi connectivity index (χ3n) is 3.75. The fourth-order valence-corrected chi connectivity index (χ4v) is 2.55. The molecule has 0 aliphatic carbocycles. The van der Waals surface area contributed by atoms with E-state index in [-0.39, 0.29) is 22.2 Å². The second-order valence-corrected chi connectivity index (χ2v) is 6.23. The Kier molecular flexibility index (Phi) is 5.93. The molecule has 5 nitrogen and oxygen atoms in total. The molecule has 0 saturated carbocycles. The quantitative estimate of drug-likeness (QED) is 0.624. The molecule has 2 aromatic rings. The average Bonchev–Trinajstić information content (AvgIpc) is 2.55. The minimum absolute atomic E-state index is 0.0722. The van der Waals surface area contributed by atoms with E-state index in [2.05, 4.69) is 43.4 Å². The summed E-state index contributed by atoms with van der Waals surface area (Å²) in [6.07, 6.45) is 0.703. The van der Waals surface area contributed by atoms with Crippen molar-refractivity contribution in [2.24, 2.45) is 0 Å². The van der Waals surface area contributed by atoms with Crippen molar-refractivity contribution in [3.05, 3.63) is 74.3 Å². The number of rotatable bonds is 6. The van der Waals surface area contributed by atoms with Gasteiger partial charge >= 0.3 is 0 Å². The number of nitrogens with one attached hydrogen (secondary N) is 1. The maximum atomic E-state index is 12.1. The molecule has 2 rings (SSSR count). The summed E-state index contributed by atoms with van der Waals surface area (Å²) in [4.78, 5) is 22.2. The topological polar surface area (TPSA) is 72.2 Å². The minimum atomic E-state index is -0.547. The van der Waals surface area contributed by atoms with Crippen molar-refractivity contribution in [2.75, 3.05) is 6.54 Å².